The number of benzene rings is 1. The molecule has 0 radical (unpaired) electrons. The van der Waals surface area contributed by atoms with Crippen molar-refractivity contribution in [3.05, 3.63) is 29.6 Å². The van der Waals surface area contributed by atoms with Gasteiger partial charge in [-0.3, -0.25) is 4.79 Å². The third-order valence-corrected chi connectivity index (χ3v) is 6.76. The van der Waals surface area contributed by atoms with Crippen molar-refractivity contribution < 1.29 is 4.79 Å². The molecule has 0 spiro atoms. The third kappa shape index (κ3) is 5.79. The summed E-state index contributed by atoms with van der Waals surface area (Å²) in [4.78, 5) is 12.9. The van der Waals surface area contributed by atoms with E-state index in [1.165, 1.54) is 32.1 Å². The normalized spacial score (nSPS) is 17.5. The lowest BCUT2D eigenvalue weighted by atomic mass is 9.71. The molecule has 31 heavy (non-hydrogen) atoms. The second kappa shape index (κ2) is 11.3. The number of nitrogens with zero attached hydrogens (tertiary/aromatic N) is 3. The van der Waals surface area contributed by atoms with E-state index >= 15 is 0 Å². The van der Waals surface area contributed by atoms with Gasteiger partial charge in [0, 0.05) is 30.6 Å². The molecule has 4 rings (SSSR count). The van der Waals surface area contributed by atoms with Gasteiger partial charge in [-0.25, -0.2) is 0 Å². The summed E-state index contributed by atoms with van der Waals surface area (Å²) in [6.45, 7) is 3.58. The summed E-state index contributed by atoms with van der Waals surface area (Å²) in [6.07, 6.45) is 10.8. The molecule has 6 nitrogen and oxygen atoms in total. The van der Waals surface area contributed by atoms with Crippen LogP contribution in [0.25, 0.3) is 11.4 Å². The number of carbonyl (C=O) groups is 1. The molecule has 2 aliphatic rings. The molecule has 1 aliphatic carbocycles. The Bertz CT molecular complexity index is 877. The van der Waals surface area contributed by atoms with Crippen LogP contribution in [0.15, 0.2) is 18.2 Å². The van der Waals surface area contributed by atoms with Gasteiger partial charge < -0.3 is 15.6 Å². The second-order valence-electron chi connectivity index (χ2n) is 8.92. The molecule has 1 fully saturated rings. The predicted octanol–water partition coefficient (Wildman–Crippen LogP) is 5.06. The van der Waals surface area contributed by atoms with E-state index in [9.17, 15) is 4.79 Å². The minimum atomic E-state index is -0.0296. The Labute approximate surface area is 197 Å². The Morgan fingerprint density at radius 3 is 2.58 bits per heavy atom. The molecule has 1 saturated carbocycles. The van der Waals surface area contributed by atoms with Crippen LogP contribution in [-0.2, 0) is 17.8 Å². The number of anilines is 1. The lowest BCUT2D eigenvalue weighted by molar-refractivity contribution is -0.118. The summed E-state index contributed by atoms with van der Waals surface area (Å²) >= 11 is 0. The number of hydrogen-bond acceptors (Lipinski definition) is 4. The molecular weight excluding hydrogens is 433 g/mol. The number of fused-ring (bicyclic) bond motifs is 1. The first kappa shape index (κ1) is 25.6. The Kier molecular flexibility index (Phi) is 9.34. The summed E-state index contributed by atoms with van der Waals surface area (Å²) < 4.78 is 2.24. The van der Waals surface area contributed by atoms with Crippen LogP contribution in [0.2, 0.25) is 0 Å². The fourth-order valence-corrected chi connectivity index (χ4v) is 4.88. The van der Waals surface area contributed by atoms with E-state index in [0.717, 1.165) is 60.7 Å². The molecule has 0 bridgehead atoms. The van der Waals surface area contributed by atoms with Crippen molar-refractivity contribution >= 4 is 36.4 Å². The lowest BCUT2D eigenvalue weighted by Crippen LogP contribution is -2.36. The maximum Gasteiger partial charge on any atom is 0.224 e. The molecule has 0 saturated heterocycles. The van der Waals surface area contributed by atoms with E-state index in [1.54, 1.807) is 0 Å². The Hall–Kier alpha value is -1.63. The highest BCUT2D eigenvalue weighted by Crippen LogP contribution is 2.38. The van der Waals surface area contributed by atoms with Crippen LogP contribution < -0.4 is 11.1 Å². The summed E-state index contributed by atoms with van der Waals surface area (Å²) in [7, 11) is 0. The quantitative estimate of drug-likeness (QED) is 0.642. The van der Waals surface area contributed by atoms with Crippen molar-refractivity contribution in [2.75, 3.05) is 11.9 Å². The van der Waals surface area contributed by atoms with Gasteiger partial charge >= 0.3 is 0 Å². The van der Waals surface area contributed by atoms with Gasteiger partial charge in [-0.15, -0.1) is 35.0 Å². The predicted molar refractivity (Wildman–Crippen MR) is 130 cm³/mol. The van der Waals surface area contributed by atoms with Crippen molar-refractivity contribution in [1.29, 1.82) is 0 Å². The highest BCUT2D eigenvalue weighted by Gasteiger charge is 2.33. The van der Waals surface area contributed by atoms with E-state index in [0.29, 0.717) is 13.0 Å². The number of aromatic nitrogens is 3. The number of hydrogen-bond donors (Lipinski definition) is 2. The van der Waals surface area contributed by atoms with Gasteiger partial charge in [-0.2, -0.15) is 0 Å². The van der Waals surface area contributed by atoms with E-state index < -0.39 is 0 Å². The lowest BCUT2D eigenvalue weighted by Gasteiger charge is -2.35. The number of nitrogens with one attached hydrogen (secondary N) is 1. The van der Waals surface area contributed by atoms with E-state index in [2.05, 4.69) is 32.2 Å². The fraction of sp³-hybridized carbons (Fsp3) is 0.609. The zero-order valence-corrected chi connectivity index (χ0v) is 20.0. The summed E-state index contributed by atoms with van der Waals surface area (Å²) in [6, 6.07) is 6.18. The van der Waals surface area contributed by atoms with Crippen LogP contribution in [0, 0.1) is 12.3 Å². The number of amides is 1. The smallest absolute Gasteiger partial charge is 0.224 e. The van der Waals surface area contributed by atoms with Gasteiger partial charge in [0.2, 0.25) is 5.91 Å². The molecule has 3 N–H and O–H groups in total. The minimum Gasteiger partial charge on any atom is -0.330 e. The molecule has 172 valence electrons. The number of carbonyl (C=O) groups excluding carboxylic acids is 1. The molecule has 1 amide bonds. The van der Waals surface area contributed by atoms with Crippen LogP contribution in [0.3, 0.4) is 0 Å². The van der Waals surface area contributed by atoms with Crippen LogP contribution in [0.4, 0.5) is 5.69 Å². The van der Waals surface area contributed by atoms with Crippen LogP contribution in [-0.4, -0.2) is 27.2 Å². The summed E-state index contributed by atoms with van der Waals surface area (Å²) in [5.74, 6) is 2.05. The van der Waals surface area contributed by atoms with Crippen LogP contribution in [0.1, 0.15) is 69.2 Å². The standard InChI is InChI=1S/C23H33N5O.2ClH/c1-17-9-10-18(22-27-26-20-8-4-2-7-13-28(20)22)14-19(17)25-21(29)15-23(16-24)11-5-3-6-12-23;;/h9-10,14H,2-8,11-13,15-16,24H2,1H3,(H,25,29);2*1H. The first-order valence-corrected chi connectivity index (χ1v) is 11.1. The number of halogens is 2. The molecule has 1 aromatic heterocycles. The van der Waals surface area contributed by atoms with Gasteiger partial charge in [-0.05, 0) is 56.2 Å². The third-order valence-electron chi connectivity index (χ3n) is 6.76. The van der Waals surface area contributed by atoms with E-state index in [-0.39, 0.29) is 36.1 Å². The minimum absolute atomic E-state index is 0. The Morgan fingerprint density at radius 1 is 1.10 bits per heavy atom. The molecule has 2 aromatic rings. The number of rotatable bonds is 5. The van der Waals surface area contributed by atoms with Crippen molar-refractivity contribution in [2.24, 2.45) is 11.1 Å². The van der Waals surface area contributed by atoms with Crippen LogP contribution in [0.5, 0.6) is 0 Å². The average molecular weight is 468 g/mol. The van der Waals surface area contributed by atoms with Gasteiger partial charge in [-0.1, -0.05) is 37.8 Å². The topological polar surface area (TPSA) is 85.8 Å². The molecule has 1 aliphatic heterocycles. The van der Waals surface area contributed by atoms with Crippen molar-refractivity contribution in [3.8, 4) is 11.4 Å². The SMILES string of the molecule is Cc1ccc(-c2nnc3n2CCCCC3)cc1NC(=O)CC1(CN)CCCCC1.Cl.Cl. The first-order valence-electron chi connectivity index (χ1n) is 11.1. The maximum atomic E-state index is 12.9. The zero-order valence-electron chi connectivity index (χ0n) is 18.4. The molecule has 0 unspecified atom stereocenters. The van der Waals surface area contributed by atoms with Crippen molar-refractivity contribution in [3.63, 3.8) is 0 Å². The monoisotopic (exact) mass is 467 g/mol. The van der Waals surface area contributed by atoms with Gasteiger partial charge in [0.05, 0.1) is 0 Å². The zero-order chi connectivity index (χ0) is 20.3. The molecular formula is C23H35Cl2N5O. The fourth-order valence-electron chi connectivity index (χ4n) is 4.88. The van der Waals surface area contributed by atoms with Crippen molar-refractivity contribution in [1.82, 2.24) is 14.8 Å². The molecule has 1 aromatic carbocycles. The summed E-state index contributed by atoms with van der Waals surface area (Å²) in [5, 5.41) is 12.0. The molecule has 8 heteroatoms. The Morgan fingerprint density at radius 2 is 1.84 bits per heavy atom. The molecule has 0 atom stereocenters. The van der Waals surface area contributed by atoms with Gasteiger partial charge in [0.15, 0.2) is 5.82 Å². The summed E-state index contributed by atoms with van der Waals surface area (Å²) in [5.41, 5.74) is 8.98. The average Bonchev–Trinajstić information content (AvgIpc) is 2.98. The molecule has 2 heterocycles. The number of nitrogens with two attached hydrogens (primary N) is 1. The van der Waals surface area contributed by atoms with Crippen LogP contribution >= 0.6 is 24.8 Å². The Balaban J connectivity index is 0.00000171. The highest BCUT2D eigenvalue weighted by atomic mass is 35.5. The first-order chi connectivity index (χ1) is 14.1. The highest BCUT2D eigenvalue weighted by molar-refractivity contribution is 5.92. The van der Waals surface area contributed by atoms with E-state index in [1.807, 2.05) is 13.0 Å². The van der Waals surface area contributed by atoms with Gasteiger partial charge in [0.1, 0.15) is 5.82 Å². The second-order valence-corrected chi connectivity index (χ2v) is 8.92. The van der Waals surface area contributed by atoms with Gasteiger partial charge in [0.25, 0.3) is 0 Å². The van der Waals surface area contributed by atoms with E-state index in [4.69, 9.17) is 5.73 Å². The maximum absolute atomic E-state index is 12.9. The number of aryl methyl sites for hydroxylation is 2. The largest absolute Gasteiger partial charge is 0.330 e. The van der Waals surface area contributed by atoms with Crippen molar-refractivity contribution in [2.45, 2.75) is 77.7 Å².